The van der Waals surface area contributed by atoms with Gasteiger partial charge >= 0.3 is 0 Å². The minimum Gasteiger partial charge on any atom is -0.329 e. The van der Waals surface area contributed by atoms with Crippen molar-refractivity contribution in [2.24, 2.45) is 0 Å². The summed E-state index contributed by atoms with van der Waals surface area (Å²) < 4.78 is 26.5. The van der Waals surface area contributed by atoms with Crippen LogP contribution in [-0.4, -0.2) is 4.98 Å². The third-order valence-corrected chi connectivity index (χ3v) is 3.42. The van der Waals surface area contributed by atoms with E-state index in [1.165, 1.54) is 17.4 Å². The van der Waals surface area contributed by atoms with E-state index in [1.54, 1.807) is 5.38 Å². The second-order valence-electron chi connectivity index (χ2n) is 2.85. The molecule has 0 atom stereocenters. The van der Waals surface area contributed by atoms with Gasteiger partial charge in [0, 0.05) is 11.4 Å². The molecule has 0 radical (unpaired) electrons. The predicted octanol–water partition coefficient (Wildman–Crippen LogP) is 4.58. The summed E-state index contributed by atoms with van der Waals surface area (Å²) in [5.41, 5.74) is 0.138. The summed E-state index contributed by atoms with van der Waals surface area (Å²) in [5.74, 6) is -1.34. The lowest BCUT2D eigenvalue weighted by atomic mass is 10.3. The highest BCUT2D eigenvalue weighted by Gasteiger charge is 2.09. The van der Waals surface area contributed by atoms with Gasteiger partial charge in [0.25, 0.3) is 0 Å². The molecule has 2 nitrogen and oxygen atoms in total. The highest BCUT2D eigenvalue weighted by Crippen LogP contribution is 2.28. The number of thiazole rings is 1. The van der Waals surface area contributed by atoms with E-state index in [2.05, 4.69) is 26.2 Å². The summed E-state index contributed by atoms with van der Waals surface area (Å²) in [7, 11) is 0. The van der Waals surface area contributed by atoms with Crippen LogP contribution < -0.4 is 5.32 Å². The number of rotatable bonds is 2. The van der Waals surface area contributed by atoms with Crippen LogP contribution in [0, 0.1) is 11.6 Å². The second-order valence-corrected chi connectivity index (χ2v) is 4.95. The highest BCUT2D eigenvalue weighted by molar-refractivity contribution is 9.10. The fourth-order valence-electron chi connectivity index (χ4n) is 1.05. The minimum absolute atomic E-state index is 0.138. The van der Waals surface area contributed by atoms with Crippen LogP contribution in [0.3, 0.4) is 0 Å². The van der Waals surface area contributed by atoms with Crippen molar-refractivity contribution in [1.82, 2.24) is 4.98 Å². The lowest BCUT2D eigenvalue weighted by Crippen LogP contribution is -1.94. The van der Waals surface area contributed by atoms with Crippen molar-refractivity contribution in [2.75, 3.05) is 5.32 Å². The van der Waals surface area contributed by atoms with Crippen LogP contribution in [0.5, 0.6) is 0 Å². The molecule has 0 amide bonds. The van der Waals surface area contributed by atoms with Crippen molar-refractivity contribution in [1.29, 1.82) is 0 Å². The third kappa shape index (κ3) is 2.50. The lowest BCUT2D eigenvalue weighted by Gasteiger charge is -2.05. The van der Waals surface area contributed by atoms with Gasteiger partial charge in [-0.2, -0.15) is 0 Å². The summed E-state index contributed by atoms with van der Waals surface area (Å²) in [6, 6.07) is 2.10. The van der Waals surface area contributed by atoms with Gasteiger partial charge in [0.1, 0.15) is 16.8 Å². The molecule has 0 saturated carbocycles. The van der Waals surface area contributed by atoms with E-state index in [-0.39, 0.29) is 10.2 Å². The Labute approximate surface area is 107 Å². The first-order valence-corrected chi connectivity index (χ1v) is 6.14. The van der Waals surface area contributed by atoms with E-state index in [4.69, 9.17) is 11.6 Å². The Morgan fingerprint density at radius 1 is 1.31 bits per heavy atom. The Morgan fingerprint density at radius 2 is 2.06 bits per heavy atom. The zero-order valence-electron chi connectivity index (χ0n) is 7.60. The molecule has 0 aliphatic rings. The third-order valence-electron chi connectivity index (χ3n) is 1.73. The highest BCUT2D eigenvalue weighted by atomic mass is 79.9. The smallest absolute Gasteiger partial charge is 0.188 e. The maximum Gasteiger partial charge on any atom is 0.188 e. The van der Waals surface area contributed by atoms with Gasteiger partial charge in [-0.25, -0.2) is 13.8 Å². The maximum atomic E-state index is 13.3. The van der Waals surface area contributed by atoms with Gasteiger partial charge in [-0.15, -0.1) is 11.3 Å². The number of nitrogens with one attached hydrogen (secondary N) is 1. The molecule has 0 spiro atoms. The van der Waals surface area contributed by atoms with Gasteiger partial charge in [0.05, 0.1) is 10.2 Å². The van der Waals surface area contributed by atoms with Crippen LogP contribution in [-0.2, 0) is 0 Å². The van der Waals surface area contributed by atoms with Gasteiger partial charge in [-0.05, 0) is 22.0 Å². The molecule has 16 heavy (non-hydrogen) atoms. The summed E-state index contributed by atoms with van der Waals surface area (Å²) in [5, 5.41) is 5.10. The molecule has 2 aromatic rings. The average Bonchev–Trinajstić information content (AvgIpc) is 2.60. The maximum absolute atomic E-state index is 13.3. The summed E-state index contributed by atoms with van der Waals surface area (Å²) in [6.45, 7) is 0. The number of anilines is 2. The number of benzene rings is 1. The Morgan fingerprint density at radius 3 is 2.69 bits per heavy atom. The number of hydrogen-bond acceptors (Lipinski definition) is 3. The van der Waals surface area contributed by atoms with Crippen LogP contribution in [0.1, 0.15) is 0 Å². The molecular weight excluding hydrogens is 322 g/mol. The Hall–Kier alpha value is -0.720. The molecule has 0 fully saturated rings. The Bertz CT molecular complexity index is 532. The van der Waals surface area contributed by atoms with E-state index >= 15 is 0 Å². The first kappa shape index (κ1) is 11.8. The minimum atomic E-state index is -0.688. The van der Waals surface area contributed by atoms with E-state index in [9.17, 15) is 8.78 Å². The quantitative estimate of drug-likeness (QED) is 0.817. The van der Waals surface area contributed by atoms with Crippen molar-refractivity contribution in [3.8, 4) is 0 Å². The lowest BCUT2D eigenvalue weighted by molar-refractivity contribution is 0.581. The van der Waals surface area contributed by atoms with Gasteiger partial charge in [-0.3, -0.25) is 0 Å². The zero-order chi connectivity index (χ0) is 11.7. The molecule has 0 aliphatic carbocycles. The van der Waals surface area contributed by atoms with Gasteiger partial charge in [0.15, 0.2) is 5.13 Å². The van der Waals surface area contributed by atoms with E-state index in [0.717, 1.165) is 6.07 Å². The summed E-state index contributed by atoms with van der Waals surface area (Å²) >= 11 is 9.83. The molecule has 0 saturated heterocycles. The van der Waals surface area contributed by atoms with Crippen LogP contribution in [0.4, 0.5) is 19.6 Å². The molecular formula is C9H4BrClF2N2S. The largest absolute Gasteiger partial charge is 0.329 e. The monoisotopic (exact) mass is 324 g/mol. The normalized spacial score (nSPS) is 10.5. The van der Waals surface area contributed by atoms with Gasteiger partial charge in [-0.1, -0.05) is 11.6 Å². The molecule has 2 rings (SSSR count). The van der Waals surface area contributed by atoms with Crippen molar-refractivity contribution < 1.29 is 8.78 Å². The van der Waals surface area contributed by atoms with Gasteiger partial charge < -0.3 is 5.32 Å². The predicted molar refractivity (Wildman–Crippen MR) is 64.5 cm³/mol. The van der Waals surface area contributed by atoms with E-state index < -0.39 is 11.6 Å². The number of nitrogens with zero attached hydrogens (tertiary/aromatic N) is 1. The number of halogens is 4. The summed E-state index contributed by atoms with van der Waals surface area (Å²) in [4.78, 5) is 3.90. The van der Waals surface area contributed by atoms with Crippen molar-refractivity contribution in [3.63, 3.8) is 0 Å². The molecule has 7 heteroatoms. The zero-order valence-corrected chi connectivity index (χ0v) is 10.8. The molecule has 0 bridgehead atoms. The molecule has 0 aliphatic heterocycles. The van der Waals surface area contributed by atoms with Crippen LogP contribution in [0.2, 0.25) is 5.15 Å². The first-order chi connectivity index (χ1) is 7.56. The first-order valence-electron chi connectivity index (χ1n) is 4.09. The van der Waals surface area contributed by atoms with Crippen molar-refractivity contribution in [2.45, 2.75) is 0 Å². The average molecular weight is 326 g/mol. The topological polar surface area (TPSA) is 24.9 Å². The Balaban J connectivity index is 2.31. The summed E-state index contributed by atoms with van der Waals surface area (Å²) in [6.07, 6.45) is 0. The second kappa shape index (κ2) is 4.65. The van der Waals surface area contributed by atoms with Crippen molar-refractivity contribution >= 4 is 49.7 Å². The number of aromatic nitrogens is 1. The van der Waals surface area contributed by atoms with Gasteiger partial charge in [0.2, 0.25) is 0 Å². The molecule has 0 unspecified atom stereocenters. The molecule has 1 heterocycles. The molecule has 1 aromatic carbocycles. The SMILES string of the molecule is Fc1cc(F)c(Nc2nc(Cl)cs2)cc1Br. The molecule has 1 N–H and O–H groups in total. The standard InChI is InChI=1S/C9H4BrClF2N2S/c10-4-1-7(6(13)2-5(4)12)14-9-15-8(11)3-16-9/h1-3H,(H,14,15). The number of hydrogen-bond donors (Lipinski definition) is 1. The van der Waals surface area contributed by atoms with E-state index in [0.29, 0.717) is 10.3 Å². The van der Waals surface area contributed by atoms with Crippen LogP contribution in [0.25, 0.3) is 0 Å². The Kier molecular flexibility index (Phi) is 3.41. The van der Waals surface area contributed by atoms with Crippen LogP contribution >= 0.6 is 38.9 Å². The molecule has 84 valence electrons. The fourth-order valence-corrected chi connectivity index (χ4v) is 2.24. The van der Waals surface area contributed by atoms with Crippen LogP contribution in [0.15, 0.2) is 22.0 Å². The fraction of sp³-hybridized carbons (Fsp3) is 0. The van der Waals surface area contributed by atoms with E-state index in [1.807, 2.05) is 0 Å². The van der Waals surface area contributed by atoms with Crippen molar-refractivity contribution in [3.05, 3.63) is 38.8 Å². The molecule has 1 aromatic heterocycles.